The van der Waals surface area contributed by atoms with Crippen LogP contribution in [-0.2, 0) is 25.6 Å². The van der Waals surface area contributed by atoms with Crippen LogP contribution >= 0.6 is 12.6 Å². The number of imidazole rings is 1. The second-order valence-electron chi connectivity index (χ2n) is 7.88. The van der Waals surface area contributed by atoms with Crippen molar-refractivity contribution in [3.05, 3.63) is 18.2 Å². The van der Waals surface area contributed by atoms with Gasteiger partial charge in [-0.2, -0.15) is 12.6 Å². The van der Waals surface area contributed by atoms with Crippen molar-refractivity contribution in [2.45, 2.75) is 63.9 Å². The SMILES string of the molecule is CC(C)CC(NC(=O)C(Cc1cnc[nH]1)NC(=O)C(CS)NC(=O)C(N)C(C)O)C(=O)O. The fourth-order valence-electron chi connectivity index (χ4n) is 2.74. The van der Waals surface area contributed by atoms with Gasteiger partial charge in [-0.25, -0.2) is 9.78 Å². The molecule has 1 aromatic rings. The molecule has 3 amide bonds. The van der Waals surface area contributed by atoms with Crippen LogP contribution in [-0.4, -0.2) is 79.9 Å². The number of aliphatic carboxylic acids is 1. The molecule has 1 rings (SSSR count). The fourth-order valence-corrected chi connectivity index (χ4v) is 3.00. The zero-order chi connectivity index (χ0) is 24.4. The summed E-state index contributed by atoms with van der Waals surface area (Å²) >= 11 is 4.06. The quantitative estimate of drug-likeness (QED) is 0.153. The van der Waals surface area contributed by atoms with E-state index in [9.17, 15) is 29.4 Å². The maximum Gasteiger partial charge on any atom is 0.326 e. The van der Waals surface area contributed by atoms with Gasteiger partial charge in [-0.05, 0) is 19.3 Å². The standard InChI is InChI=1S/C19H32N6O6S/c1-9(2)4-13(19(30)31)24-16(27)12(5-11-6-21-8-22-11)23-17(28)14(7-32)25-18(29)15(20)10(3)26/h6,8-10,12-15,26,32H,4-5,7,20H2,1-3H3,(H,21,22)(H,23,28)(H,24,27)(H,25,29)(H,30,31). The van der Waals surface area contributed by atoms with Gasteiger partial charge in [0.05, 0.1) is 12.4 Å². The highest BCUT2D eigenvalue weighted by Crippen LogP contribution is 2.07. The average Bonchev–Trinajstić information content (AvgIpc) is 3.22. The number of nitrogens with one attached hydrogen (secondary N) is 4. The van der Waals surface area contributed by atoms with Gasteiger partial charge in [-0.1, -0.05) is 13.8 Å². The predicted molar refractivity (Wildman–Crippen MR) is 119 cm³/mol. The number of amides is 3. The Morgan fingerprint density at radius 1 is 1.06 bits per heavy atom. The first-order valence-electron chi connectivity index (χ1n) is 10.1. The minimum absolute atomic E-state index is 0.00597. The smallest absolute Gasteiger partial charge is 0.326 e. The summed E-state index contributed by atoms with van der Waals surface area (Å²) < 4.78 is 0. The normalized spacial score (nSPS) is 15.8. The van der Waals surface area contributed by atoms with E-state index < -0.39 is 54.0 Å². The van der Waals surface area contributed by atoms with Gasteiger partial charge in [0.15, 0.2) is 0 Å². The van der Waals surface area contributed by atoms with Crippen LogP contribution < -0.4 is 21.7 Å². The number of hydrogen-bond donors (Lipinski definition) is 8. The molecule has 1 heterocycles. The minimum atomic E-state index is -1.25. The number of nitrogens with two attached hydrogens (primary N) is 1. The van der Waals surface area contributed by atoms with E-state index in [0.717, 1.165) is 0 Å². The van der Waals surface area contributed by atoms with Crippen molar-refractivity contribution in [2.75, 3.05) is 5.75 Å². The van der Waals surface area contributed by atoms with Crippen LogP contribution in [0, 0.1) is 5.92 Å². The molecule has 13 heteroatoms. The third-order valence-corrected chi connectivity index (χ3v) is 4.94. The maximum absolute atomic E-state index is 12.8. The van der Waals surface area contributed by atoms with E-state index in [-0.39, 0.29) is 24.5 Å². The van der Waals surface area contributed by atoms with E-state index in [4.69, 9.17) is 5.73 Å². The number of aromatic nitrogens is 2. The molecule has 32 heavy (non-hydrogen) atoms. The number of thiol groups is 1. The van der Waals surface area contributed by atoms with E-state index >= 15 is 0 Å². The fraction of sp³-hybridized carbons (Fsp3) is 0.632. The second-order valence-corrected chi connectivity index (χ2v) is 8.25. The van der Waals surface area contributed by atoms with Crippen LogP contribution in [0.2, 0.25) is 0 Å². The Balaban J connectivity index is 2.97. The molecule has 0 aromatic carbocycles. The molecule has 0 bridgehead atoms. The zero-order valence-corrected chi connectivity index (χ0v) is 19.1. The number of carbonyl (C=O) groups excluding carboxylic acids is 3. The van der Waals surface area contributed by atoms with Crippen molar-refractivity contribution in [1.82, 2.24) is 25.9 Å². The molecule has 5 unspecified atom stereocenters. The molecule has 0 saturated heterocycles. The van der Waals surface area contributed by atoms with Crippen molar-refractivity contribution in [1.29, 1.82) is 0 Å². The van der Waals surface area contributed by atoms with Crippen molar-refractivity contribution >= 4 is 36.3 Å². The number of carboxylic acids is 1. The Hall–Kier alpha value is -2.64. The molecule has 180 valence electrons. The first-order valence-corrected chi connectivity index (χ1v) is 10.7. The molecule has 0 aliphatic carbocycles. The summed E-state index contributed by atoms with van der Waals surface area (Å²) in [6.07, 6.45) is 1.95. The average molecular weight is 473 g/mol. The van der Waals surface area contributed by atoms with Crippen LogP contribution in [0.25, 0.3) is 0 Å². The van der Waals surface area contributed by atoms with Gasteiger partial charge < -0.3 is 36.9 Å². The van der Waals surface area contributed by atoms with Crippen LogP contribution in [0.3, 0.4) is 0 Å². The van der Waals surface area contributed by atoms with Crippen LogP contribution in [0.5, 0.6) is 0 Å². The van der Waals surface area contributed by atoms with E-state index in [1.807, 2.05) is 13.8 Å². The Morgan fingerprint density at radius 2 is 1.62 bits per heavy atom. The van der Waals surface area contributed by atoms with E-state index in [0.29, 0.717) is 5.69 Å². The molecule has 5 atom stereocenters. The largest absolute Gasteiger partial charge is 0.480 e. The lowest BCUT2D eigenvalue weighted by Crippen LogP contribution is -2.59. The van der Waals surface area contributed by atoms with Gasteiger partial charge in [-0.15, -0.1) is 0 Å². The topological polar surface area (TPSA) is 200 Å². The van der Waals surface area contributed by atoms with E-state index in [2.05, 4.69) is 38.5 Å². The van der Waals surface area contributed by atoms with Crippen molar-refractivity contribution in [3.8, 4) is 0 Å². The van der Waals surface area contributed by atoms with Crippen LogP contribution in [0.15, 0.2) is 12.5 Å². The Labute approximate surface area is 191 Å². The number of nitrogens with zero attached hydrogens (tertiary/aromatic N) is 1. The second kappa shape index (κ2) is 13.0. The predicted octanol–water partition coefficient (Wildman–Crippen LogP) is -1.82. The summed E-state index contributed by atoms with van der Waals surface area (Å²) in [5.74, 6) is -3.46. The Kier molecular flexibility index (Phi) is 11.2. The number of H-pyrrole nitrogens is 1. The third-order valence-electron chi connectivity index (χ3n) is 4.57. The number of carboxylic acid groups (broad SMARTS) is 1. The molecule has 0 radical (unpaired) electrons. The van der Waals surface area contributed by atoms with Crippen LogP contribution in [0.4, 0.5) is 0 Å². The lowest BCUT2D eigenvalue weighted by atomic mass is 10.0. The highest BCUT2D eigenvalue weighted by molar-refractivity contribution is 7.80. The summed E-state index contributed by atoms with van der Waals surface area (Å²) in [7, 11) is 0. The van der Waals surface area contributed by atoms with Gasteiger partial charge in [0, 0.05) is 24.1 Å². The molecule has 0 aliphatic heterocycles. The van der Waals surface area contributed by atoms with Crippen molar-refractivity contribution in [3.63, 3.8) is 0 Å². The van der Waals surface area contributed by atoms with E-state index in [1.165, 1.54) is 19.4 Å². The van der Waals surface area contributed by atoms with Gasteiger partial charge >= 0.3 is 5.97 Å². The lowest BCUT2D eigenvalue weighted by Gasteiger charge is -2.25. The third kappa shape index (κ3) is 8.85. The number of hydrogen-bond acceptors (Lipinski definition) is 8. The Morgan fingerprint density at radius 3 is 2.09 bits per heavy atom. The summed E-state index contributed by atoms with van der Waals surface area (Å²) in [4.78, 5) is 55.9. The Bertz CT molecular complexity index is 772. The van der Waals surface area contributed by atoms with Gasteiger partial charge in [0.1, 0.15) is 24.2 Å². The first-order chi connectivity index (χ1) is 15.0. The highest BCUT2D eigenvalue weighted by atomic mass is 32.1. The summed E-state index contributed by atoms with van der Waals surface area (Å²) in [5, 5.41) is 26.2. The highest BCUT2D eigenvalue weighted by Gasteiger charge is 2.31. The number of rotatable bonds is 13. The van der Waals surface area contributed by atoms with Crippen molar-refractivity contribution in [2.24, 2.45) is 11.7 Å². The first kappa shape index (κ1) is 27.4. The number of aromatic amines is 1. The summed E-state index contributed by atoms with van der Waals surface area (Å²) in [6.45, 7) is 4.98. The molecule has 0 fully saturated rings. The lowest BCUT2D eigenvalue weighted by molar-refractivity contribution is -0.142. The molecular weight excluding hydrogens is 440 g/mol. The molecule has 0 saturated carbocycles. The zero-order valence-electron chi connectivity index (χ0n) is 18.2. The van der Waals surface area contributed by atoms with Gasteiger partial charge in [0.25, 0.3) is 0 Å². The molecular formula is C19H32N6O6S. The van der Waals surface area contributed by atoms with Crippen molar-refractivity contribution < 1.29 is 29.4 Å². The minimum Gasteiger partial charge on any atom is -0.480 e. The van der Waals surface area contributed by atoms with Gasteiger partial charge in [0.2, 0.25) is 17.7 Å². The monoisotopic (exact) mass is 472 g/mol. The van der Waals surface area contributed by atoms with Crippen LogP contribution in [0.1, 0.15) is 32.9 Å². The molecule has 0 spiro atoms. The number of aliphatic hydroxyl groups is 1. The molecule has 0 aliphatic rings. The summed E-state index contributed by atoms with van der Waals surface area (Å²) in [6, 6.07) is -4.67. The van der Waals surface area contributed by atoms with E-state index in [1.54, 1.807) is 0 Å². The maximum atomic E-state index is 12.8. The molecule has 8 N–H and O–H groups in total. The number of carbonyl (C=O) groups is 4. The summed E-state index contributed by atoms with van der Waals surface area (Å²) in [5.41, 5.74) is 6.11. The van der Waals surface area contributed by atoms with Gasteiger partial charge in [-0.3, -0.25) is 14.4 Å². The molecule has 1 aromatic heterocycles. The molecule has 12 nitrogen and oxygen atoms in total. The number of aliphatic hydroxyl groups excluding tert-OH is 1.